The summed E-state index contributed by atoms with van der Waals surface area (Å²) in [5.74, 6) is 0.0697. The highest BCUT2D eigenvalue weighted by Gasteiger charge is 2.23. The lowest BCUT2D eigenvalue weighted by Gasteiger charge is -2.35. The number of nitrogens with zero attached hydrogens (tertiary/aromatic N) is 3. The first-order valence-corrected chi connectivity index (χ1v) is 4.96. The van der Waals surface area contributed by atoms with Crippen molar-refractivity contribution >= 4 is 11.7 Å². The van der Waals surface area contributed by atoms with Gasteiger partial charge >= 0.3 is 0 Å². The fraction of sp³-hybridized carbons (Fsp3) is 0.500. The van der Waals surface area contributed by atoms with Crippen molar-refractivity contribution in [2.24, 2.45) is 11.5 Å². The Morgan fingerprint density at radius 1 is 1.44 bits per heavy atom. The zero-order chi connectivity index (χ0) is 12.3. The van der Waals surface area contributed by atoms with Crippen LogP contribution in [0, 0.1) is 0 Å². The molecule has 0 spiro atoms. The van der Waals surface area contributed by atoms with E-state index in [0.29, 0.717) is 12.4 Å². The highest BCUT2D eigenvalue weighted by molar-refractivity contribution is 5.90. The Morgan fingerprint density at radius 3 is 2.44 bits per heavy atom. The van der Waals surface area contributed by atoms with Crippen LogP contribution in [0.15, 0.2) is 12.1 Å². The molecule has 1 amide bonds. The van der Waals surface area contributed by atoms with Gasteiger partial charge in [0, 0.05) is 19.1 Å². The lowest BCUT2D eigenvalue weighted by molar-refractivity contribution is 0.0994. The third kappa shape index (κ3) is 2.46. The monoisotopic (exact) mass is 223 g/mol. The maximum atomic E-state index is 10.8. The van der Waals surface area contributed by atoms with Crippen molar-refractivity contribution in [3.63, 3.8) is 0 Å². The first-order chi connectivity index (χ1) is 7.38. The topological polar surface area (TPSA) is 98.1 Å². The van der Waals surface area contributed by atoms with Gasteiger partial charge in [-0.25, -0.2) is 0 Å². The standard InChI is InChI=1S/C10H17N5O/c1-10(2,6-11)15(3)8-5-4-7(9(12)16)13-14-8/h4-5H,6,11H2,1-3H3,(H2,12,16). The van der Waals surface area contributed by atoms with Gasteiger partial charge in [0.25, 0.3) is 5.91 Å². The maximum Gasteiger partial charge on any atom is 0.269 e. The van der Waals surface area contributed by atoms with Crippen molar-refractivity contribution in [1.82, 2.24) is 10.2 Å². The molecule has 0 radical (unpaired) electrons. The molecule has 1 aromatic rings. The van der Waals surface area contributed by atoms with E-state index < -0.39 is 5.91 Å². The molecular weight excluding hydrogens is 206 g/mol. The number of carbonyl (C=O) groups excluding carboxylic acids is 1. The number of hydrogen-bond donors (Lipinski definition) is 2. The molecule has 0 bridgehead atoms. The van der Waals surface area contributed by atoms with E-state index in [0.717, 1.165) is 0 Å². The van der Waals surface area contributed by atoms with Crippen LogP contribution in [0.3, 0.4) is 0 Å². The minimum atomic E-state index is -0.584. The second-order valence-electron chi connectivity index (χ2n) is 4.22. The van der Waals surface area contributed by atoms with Gasteiger partial charge in [-0.05, 0) is 26.0 Å². The smallest absolute Gasteiger partial charge is 0.269 e. The normalized spacial score (nSPS) is 11.2. The predicted molar refractivity (Wildman–Crippen MR) is 62.1 cm³/mol. The number of primary amides is 1. The van der Waals surface area contributed by atoms with Gasteiger partial charge in [-0.3, -0.25) is 4.79 Å². The molecule has 0 aliphatic heterocycles. The average molecular weight is 223 g/mol. The fourth-order valence-corrected chi connectivity index (χ4v) is 1.08. The molecule has 0 fully saturated rings. The van der Waals surface area contributed by atoms with Crippen LogP contribution < -0.4 is 16.4 Å². The largest absolute Gasteiger partial charge is 0.364 e. The molecular formula is C10H17N5O. The first-order valence-electron chi connectivity index (χ1n) is 4.96. The van der Waals surface area contributed by atoms with Crippen LogP contribution in [-0.2, 0) is 0 Å². The molecule has 16 heavy (non-hydrogen) atoms. The highest BCUT2D eigenvalue weighted by atomic mass is 16.1. The van der Waals surface area contributed by atoms with Crippen molar-refractivity contribution < 1.29 is 4.79 Å². The maximum absolute atomic E-state index is 10.8. The van der Waals surface area contributed by atoms with E-state index in [2.05, 4.69) is 10.2 Å². The van der Waals surface area contributed by atoms with E-state index in [1.807, 2.05) is 25.8 Å². The summed E-state index contributed by atoms with van der Waals surface area (Å²) in [6, 6.07) is 3.25. The lowest BCUT2D eigenvalue weighted by Crippen LogP contribution is -2.47. The summed E-state index contributed by atoms with van der Waals surface area (Å²) in [6.45, 7) is 4.48. The number of amides is 1. The Morgan fingerprint density at radius 2 is 2.06 bits per heavy atom. The van der Waals surface area contributed by atoms with Crippen molar-refractivity contribution in [3.05, 3.63) is 17.8 Å². The zero-order valence-electron chi connectivity index (χ0n) is 9.77. The van der Waals surface area contributed by atoms with Crippen molar-refractivity contribution in [3.8, 4) is 0 Å². The van der Waals surface area contributed by atoms with Crippen LogP contribution in [0.4, 0.5) is 5.82 Å². The lowest BCUT2D eigenvalue weighted by atomic mass is 10.0. The number of aromatic nitrogens is 2. The van der Waals surface area contributed by atoms with Crippen molar-refractivity contribution in [2.45, 2.75) is 19.4 Å². The third-order valence-corrected chi connectivity index (χ3v) is 2.65. The number of likely N-dealkylation sites (N-methyl/N-ethyl adjacent to an activating group) is 1. The number of rotatable bonds is 4. The fourth-order valence-electron chi connectivity index (χ4n) is 1.08. The van der Waals surface area contributed by atoms with Crippen LogP contribution >= 0.6 is 0 Å². The van der Waals surface area contributed by atoms with Gasteiger partial charge in [-0.2, -0.15) is 0 Å². The highest BCUT2D eigenvalue weighted by Crippen LogP contribution is 2.18. The number of anilines is 1. The Labute approximate surface area is 94.6 Å². The molecule has 0 aromatic carbocycles. The van der Waals surface area contributed by atoms with E-state index >= 15 is 0 Å². The summed E-state index contributed by atoms with van der Waals surface area (Å²) in [5, 5.41) is 7.67. The molecule has 0 aliphatic carbocycles. The first kappa shape index (κ1) is 12.4. The van der Waals surface area contributed by atoms with Gasteiger partial charge in [0.05, 0.1) is 0 Å². The van der Waals surface area contributed by atoms with Crippen LogP contribution in [0.5, 0.6) is 0 Å². The van der Waals surface area contributed by atoms with Gasteiger partial charge in [0.1, 0.15) is 0 Å². The van der Waals surface area contributed by atoms with Gasteiger partial charge in [0.2, 0.25) is 0 Å². The third-order valence-electron chi connectivity index (χ3n) is 2.65. The molecule has 0 unspecified atom stereocenters. The summed E-state index contributed by atoms with van der Waals surface area (Å²) in [5.41, 5.74) is 10.7. The quantitative estimate of drug-likeness (QED) is 0.733. The van der Waals surface area contributed by atoms with Gasteiger partial charge in [0.15, 0.2) is 11.5 Å². The summed E-state index contributed by atoms with van der Waals surface area (Å²) in [4.78, 5) is 12.7. The Bertz CT molecular complexity index is 373. The molecule has 0 saturated heterocycles. The summed E-state index contributed by atoms with van der Waals surface area (Å²) in [7, 11) is 1.88. The minimum Gasteiger partial charge on any atom is -0.364 e. The average Bonchev–Trinajstić information content (AvgIpc) is 2.28. The number of nitrogens with two attached hydrogens (primary N) is 2. The van der Waals surface area contributed by atoms with Gasteiger partial charge in [-0.1, -0.05) is 0 Å². The van der Waals surface area contributed by atoms with Crippen LogP contribution in [0.1, 0.15) is 24.3 Å². The molecule has 1 heterocycles. The molecule has 1 rings (SSSR count). The molecule has 4 N–H and O–H groups in total. The second kappa shape index (κ2) is 4.44. The molecule has 6 nitrogen and oxygen atoms in total. The Hall–Kier alpha value is -1.69. The van der Waals surface area contributed by atoms with E-state index in [1.165, 1.54) is 0 Å². The van der Waals surface area contributed by atoms with Crippen molar-refractivity contribution in [2.75, 3.05) is 18.5 Å². The van der Waals surface area contributed by atoms with Crippen molar-refractivity contribution in [1.29, 1.82) is 0 Å². The van der Waals surface area contributed by atoms with Crippen LogP contribution in [0.25, 0.3) is 0 Å². The molecule has 0 saturated carbocycles. The second-order valence-corrected chi connectivity index (χ2v) is 4.22. The van der Waals surface area contributed by atoms with Crippen LogP contribution in [0.2, 0.25) is 0 Å². The van der Waals surface area contributed by atoms with Gasteiger partial charge in [-0.15, -0.1) is 10.2 Å². The molecule has 1 aromatic heterocycles. The van der Waals surface area contributed by atoms with E-state index in [-0.39, 0.29) is 11.2 Å². The number of carbonyl (C=O) groups is 1. The van der Waals surface area contributed by atoms with Crippen LogP contribution in [-0.4, -0.2) is 35.2 Å². The van der Waals surface area contributed by atoms with E-state index in [4.69, 9.17) is 11.5 Å². The van der Waals surface area contributed by atoms with Gasteiger partial charge < -0.3 is 16.4 Å². The predicted octanol–water partition coefficient (Wildman–Crippen LogP) is -0.251. The minimum absolute atomic E-state index is 0.155. The Balaban J connectivity index is 2.94. The van der Waals surface area contributed by atoms with E-state index in [9.17, 15) is 4.79 Å². The molecule has 0 atom stereocenters. The molecule has 0 aliphatic rings. The molecule has 6 heteroatoms. The molecule has 88 valence electrons. The number of hydrogen-bond acceptors (Lipinski definition) is 5. The summed E-state index contributed by atoms with van der Waals surface area (Å²) >= 11 is 0. The zero-order valence-corrected chi connectivity index (χ0v) is 9.77. The van der Waals surface area contributed by atoms with E-state index in [1.54, 1.807) is 12.1 Å². The summed E-state index contributed by atoms with van der Waals surface area (Å²) < 4.78 is 0. The SMILES string of the molecule is CN(c1ccc(C(N)=O)nn1)C(C)(C)CN. The Kier molecular flexibility index (Phi) is 3.44. The summed E-state index contributed by atoms with van der Waals surface area (Å²) in [6.07, 6.45) is 0.